The van der Waals surface area contributed by atoms with Gasteiger partial charge in [-0.15, -0.1) is 0 Å². The maximum Gasteiger partial charge on any atom is 0.300 e. The number of imidazole rings is 1. The van der Waals surface area contributed by atoms with Crippen LogP contribution in [0.4, 0.5) is 5.69 Å². The molecule has 50 heavy (non-hydrogen) atoms. The number of rotatable bonds is 8. The topological polar surface area (TPSA) is 178 Å². The van der Waals surface area contributed by atoms with Crippen molar-refractivity contribution in [3.8, 4) is 6.01 Å². The highest BCUT2D eigenvalue weighted by Gasteiger charge is 2.63. The molecular formula is C35H44N8O6S. The second-order valence-electron chi connectivity index (χ2n) is 14.1. The van der Waals surface area contributed by atoms with Crippen LogP contribution in [0.3, 0.4) is 0 Å². The minimum absolute atomic E-state index is 0.104. The average Bonchev–Trinajstić information content (AvgIpc) is 3.93. The predicted molar refractivity (Wildman–Crippen MR) is 185 cm³/mol. The van der Waals surface area contributed by atoms with Crippen LogP contribution in [0.15, 0.2) is 54.9 Å². The summed E-state index contributed by atoms with van der Waals surface area (Å²) in [5.74, 6) is -1.92. The zero-order chi connectivity index (χ0) is 35.1. The molecule has 4 heterocycles. The smallest absolute Gasteiger partial charge is 0.300 e. The van der Waals surface area contributed by atoms with Gasteiger partial charge in [0.1, 0.15) is 23.7 Å². The highest BCUT2D eigenvalue weighted by Crippen LogP contribution is 2.47. The number of anilines is 1. The molecule has 14 nitrogen and oxygen atoms in total. The minimum Gasteiger partial charge on any atom is -0.459 e. The molecule has 1 saturated heterocycles. The van der Waals surface area contributed by atoms with E-state index in [0.717, 1.165) is 31.4 Å². The highest BCUT2D eigenvalue weighted by molar-refractivity contribution is 7.91. The standard InChI is InChI=1S/C35H44N8O6S/c1-3-42-29-28(36-18-19-37-29)39-33(42)49-25-20-27-30(44)40-35(32(46)41-50(47,48)34(2)16-17-34)21-23(35)12-8-5-4-6-11-15-26(31(45)43(27)22-25)38-24-13-9-7-10-14-24/h7-10,12-14,18-19,23,25-27,38H,3-6,11,15-17,20-22H2,1-2H3,(H,40,44)(H,41,46)/b12-8-/t23-,25-,26+,27+,35-/m1/s1. The van der Waals surface area contributed by atoms with Crippen molar-refractivity contribution in [2.75, 3.05) is 11.9 Å². The van der Waals surface area contributed by atoms with Crippen molar-refractivity contribution in [3.63, 3.8) is 0 Å². The number of amides is 3. The van der Waals surface area contributed by atoms with Gasteiger partial charge in [-0.3, -0.25) is 23.7 Å². The van der Waals surface area contributed by atoms with Gasteiger partial charge in [-0.05, 0) is 64.5 Å². The van der Waals surface area contributed by atoms with E-state index < -0.39 is 50.3 Å². The summed E-state index contributed by atoms with van der Waals surface area (Å²) in [5.41, 5.74) is 0.330. The number of hydrogen-bond donors (Lipinski definition) is 3. The van der Waals surface area contributed by atoms with Gasteiger partial charge in [0, 0.05) is 37.0 Å². The fraction of sp³-hybridized carbons (Fsp3) is 0.543. The van der Waals surface area contributed by atoms with Crippen LogP contribution < -0.4 is 20.1 Å². The largest absolute Gasteiger partial charge is 0.459 e. The van der Waals surface area contributed by atoms with Gasteiger partial charge in [0.25, 0.3) is 11.9 Å². The van der Waals surface area contributed by atoms with Gasteiger partial charge in [-0.1, -0.05) is 43.2 Å². The first-order valence-electron chi connectivity index (χ1n) is 17.5. The number of carbonyl (C=O) groups excluding carboxylic acids is 3. The van der Waals surface area contributed by atoms with Crippen molar-refractivity contribution in [1.29, 1.82) is 0 Å². The fourth-order valence-electron chi connectivity index (χ4n) is 7.04. The molecule has 4 aliphatic rings. The summed E-state index contributed by atoms with van der Waals surface area (Å²) in [6.07, 6.45) is 11.7. The van der Waals surface area contributed by atoms with E-state index in [1.807, 2.05) is 49.4 Å². The number of carbonyl (C=O) groups is 3. The molecule has 0 spiro atoms. The number of nitrogens with one attached hydrogen (secondary N) is 3. The Morgan fingerprint density at radius 2 is 1.88 bits per heavy atom. The molecular weight excluding hydrogens is 661 g/mol. The maximum absolute atomic E-state index is 14.5. The lowest BCUT2D eigenvalue weighted by Gasteiger charge is -2.30. The van der Waals surface area contributed by atoms with Crippen LogP contribution in [-0.2, 0) is 31.0 Å². The van der Waals surface area contributed by atoms with Gasteiger partial charge < -0.3 is 20.3 Å². The zero-order valence-corrected chi connectivity index (χ0v) is 29.2. The van der Waals surface area contributed by atoms with E-state index in [0.29, 0.717) is 37.1 Å². The molecule has 7 rings (SSSR count). The van der Waals surface area contributed by atoms with Crippen LogP contribution in [0.5, 0.6) is 6.01 Å². The number of ether oxygens (including phenoxy) is 1. The Bertz CT molecular complexity index is 1910. The van der Waals surface area contributed by atoms with E-state index in [1.54, 1.807) is 23.9 Å². The lowest BCUT2D eigenvalue weighted by molar-refractivity contribution is -0.140. The second-order valence-corrected chi connectivity index (χ2v) is 16.3. The van der Waals surface area contributed by atoms with Crippen LogP contribution in [0.1, 0.15) is 71.6 Å². The normalized spacial score (nSPS) is 28.7. The number of benzene rings is 1. The molecule has 0 bridgehead atoms. The molecule has 15 heteroatoms. The Labute approximate surface area is 291 Å². The lowest BCUT2D eigenvalue weighted by atomic mass is 10.0. The van der Waals surface area contributed by atoms with Crippen LogP contribution >= 0.6 is 0 Å². The Hall–Kier alpha value is -4.53. The van der Waals surface area contributed by atoms with Crippen molar-refractivity contribution in [3.05, 3.63) is 54.9 Å². The summed E-state index contributed by atoms with van der Waals surface area (Å²) in [7, 11) is -3.94. The SMILES string of the molecule is CCn1c(O[C@@H]2C[C@H]3C(=O)N[C@]4(C(=O)NS(=O)(=O)C5(C)CC5)C[C@H]4/C=C\CCCCC[C@H](Nc4ccccc4)C(=O)N3C2)nc2nccnc21. The molecule has 3 aromatic rings. The summed E-state index contributed by atoms with van der Waals surface area (Å²) in [4.78, 5) is 57.4. The fourth-order valence-corrected chi connectivity index (χ4v) is 8.35. The molecule has 2 saturated carbocycles. The quantitative estimate of drug-likeness (QED) is 0.296. The van der Waals surface area contributed by atoms with Crippen LogP contribution in [0.25, 0.3) is 11.3 Å². The van der Waals surface area contributed by atoms with Crippen LogP contribution in [0, 0.1) is 5.92 Å². The molecule has 2 aromatic heterocycles. The first-order valence-corrected chi connectivity index (χ1v) is 19.0. The third kappa shape index (κ3) is 6.54. The van der Waals surface area contributed by atoms with Crippen LogP contribution in [-0.4, -0.2) is 85.6 Å². The highest BCUT2D eigenvalue weighted by atomic mass is 32.2. The molecule has 5 atom stereocenters. The molecule has 3 N–H and O–H groups in total. The second kappa shape index (κ2) is 13.3. The van der Waals surface area contributed by atoms with Crippen LogP contribution in [0.2, 0.25) is 0 Å². The number of aromatic nitrogens is 4. The van der Waals surface area contributed by atoms with Gasteiger partial charge in [-0.25, -0.2) is 18.4 Å². The van der Waals surface area contributed by atoms with E-state index in [4.69, 9.17) is 4.74 Å². The molecule has 0 unspecified atom stereocenters. The number of sulfonamides is 1. The molecule has 2 aliphatic carbocycles. The Morgan fingerprint density at radius 1 is 1.10 bits per heavy atom. The van der Waals surface area contributed by atoms with Crippen molar-refractivity contribution in [2.45, 2.75) is 107 Å². The van der Waals surface area contributed by atoms with Gasteiger partial charge >= 0.3 is 0 Å². The monoisotopic (exact) mass is 704 g/mol. The lowest BCUT2D eigenvalue weighted by Crippen LogP contribution is -2.58. The first kappa shape index (κ1) is 33.9. The van der Waals surface area contributed by atoms with E-state index >= 15 is 0 Å². The molecule has 0 radical (unpaired) electrons. The molecule has 3 fully saturated rings. The maximum atomic E-state index is 14.5. The summed E-state index contributed by atoms with van der Waals surface area (Å²) in [6.45, 7) is 4.17. The van der Waals surface area contributed by atoms with E-state index in [9.17, 15) is 22.8 Å². The zero-order valence-electron chi connectivity index (χ0n) is 28.4. The molecule has 266 valence electrons. The number of allylic oxidation sites excluding steroid dienone is 1. The minimum atomic E-state index is -3.94. The Morgan fingerprint density at radius 3 is 2.64 bits per heavy atom. The van der Waals surface area contributed by atoms with Crippen molar-refractivity contribution < 1.29 is 27.5 Å². The predicted octanol–water partition coefficient (Wildman–Crippen LogP) is 3.07. The number of para-hydroxylation sites is 1. The summed E-state index contributed by atoms with van der Waals surface area (Å²) >= 11 is 0. The molecule has 2 aliphatic heterocycles. The van der Waals surface area contributed by atoms with Crippen molar-refractivity contribution in [1.82, 2.24) is 34.5 Å². The summed E-state index contributed by atoms with van der Waals surface area (Å²) < 4.78 is 35.7. The van der Waals surface area contributed by atoms with Gasteiger partial charge in [0.05, 0.1) is 11.3 Å². The third-order valence-electron chi connectivity index (χ3n) is 10.5. The van der Waals surface area contributed by atoms with E-state index in [1.165, 1.54) is 4.90 Å². The molecule has 3 amide bonds. The first-order chi connectivity index (χ1) is 24.0. The van der Waals surface area contributed by atoms with Crippen molar-refractivity contribution in [2.24, 2.45) is 5.92 Å². The van der Waals surface area contributed by atoms with Gasteiger partial charge in [0.15, 0.2) is 5.65 Å². The van der Waals surface area contributed by atoms with E-state index in [2.05, 4.69) is 30.3 Å². The summed E-state index contributed by atoms with van der Waals surface area (Å²) in [5, 5.41) is 6.34. The van der Waals surface area contributed by atoms with Gasteiger partial charge in [-0.2, -0.15) is 4.98 Å². The third-order valence-corrected chi connectivity index (χ3v) is 12.7. The molecule has 1 aromatic carbocycles. The number of nitrogens with zero attached hydrogens (tertiary/aromatic N) is 5. The Balaban J connectivity index is 1.20. The van der Waals surface area contributed by atoms with Gasteiger partial charge in [0.2, 0.25) is 27.5 Å². The van der Waals surface area contributed by atoms with Crippen molar-refractivity contribution >= 4 is 44.7 Å². The number of fused-ring (bicyclic) bond motifs is 3. The number of aryl methyl sites for hydroxylation is 1. The Kier molecular flexibility index (Phi) is 9.03. The van der Waals surface area contributed by atoms with E-state index in [-0.39, 0.29) is 37.2 Å². The number of hydrogen-bond acceptors (Lipinski definition) is 10. The summed E-state index contributed by atoms with van der Waals surface area (Å²) in [6, 6.07) is 8.18. The average molecular weight is 705 g/mol.